The fraction of sp³-hybridized carbons (Fsp3) is 0.679. The van der Waals surface area contributed by atoms with Gasteiger partial charge < -0.3 is 15.1 Å². The van der Waals surface area contributed by atoms with Crippen molar-refractivity contribution in [2.45, 2.75) is 59.9 Å². The zero-order valence-electron chi connectivity index (χ0n) is 22.2. The van der Waals surface area contributed by atoms with Crippen molar-refractivity contribution in [3.05, 3.63) is 30.1 Å². The van der Waals surface area contributed by atoms with Crippen LogP contribution in [0.1, 0.15) is 59.2 Å². The number of hydrogen-bond donors (Lipinski definition) is 1. The van der Waals surface area contributed by atoms with E-state index in [9.17, 15) is 4.79 Å². The molecule has 1 aromatic carbocycles. The summed E-state index contributed by atoms with van der Waals surface area (Å²) in [4.78, 5) is 28.0. The van der Waals surface area contributed by atoms with Crippen molar-refractivity contribution in [3.8, 4) is 0 Å². The van der Waals surface area contributed by atoms with Gasteiger partial charge in [-0.1, -0.05) is 39.8 Å². The first-order valence-electron chi connectivity index (χ1n) is 13.0. The van der Waals surface area contributed by atoms with E-state index in [2.05, 4.69) is 58.1 Å². The first-order valence-corrected chi connectivity index (χ1v) is 13.0. The van der Waals surface area contributed by atoms with Gasteiger partial charge in [0, 0.05) is 19.0 Å². The Labute approximate surface area is 205 Å². The van der Waals surface area contributed by atoms with Gasteiger partial charge in [0.25, 0.3) is 0 Å². The number of nitrogens with one attached hydrogen (secondary N) is 1. The van der Waals surface area contributed by atoms with Gasteiger partial charge in [-0.15, -0.1) is 0 Å². The van der Waals surface area contributed by atoms with Gasteiger partial charge in [0.05, 0.1) is 17.5 Å². The monoisotopic (exact) mass is 465 g/mol. The fourth-order valence-corrected chi connectivity index (χ4v) is 7.59. The van der Waals surface area contributed by atoms with Crippen LogP contribution in [0.15, 0.2) is 24.3 Å². The van der Waals surface area contributed by atoms with Crippen LogP contribution in [-0.2, 0) is 11.3 Å². The normalized spacial score (nSPS) is 27.8. The van der Waals surface area contributed by atoms with Gasteiger partial charge in [-0.25, -0.2) is 9.97 Å². The molecule has 4 atom stereocenters. The van der Waals surface area contributed by atoms with Crippen LogP contribution in [0.5, 0.6) is 0 Å². The minimum absolute atomic E-state index is 0.00173. The van der Waals surface area contributed by atoms with Gasteiger partial charge in [0.1, 0.15) is 5.82 Å². The third-order valence-electron chi connectivity index (χ3n) is 8.65. The van der Waals surface area contributed by atoms with E-state index in [0.717, 1.165) is 48.6 Å². The highest BCUT2D eigenvalue weighted by Crippen LogP contribution is 2.66. The van der Waals surface area contributed by atoms with Crippen LogP contribution < -0.4 is 5.32 Å². The van der Waals surface area contributed by atoms with Crippen molar-refractivity contribution >= 4 is 22.6 Å². The van der Waals surface area contributed by atoms with Crippen LogP contribution in [-0.4, -0.2) is 59.9 Å². The lowest BCUT2D eigenvalue weighted by atomic mass is 9.41. The second-order valence-electron chi connectivity index (χ2n) is 11.8. The van der Waals surface area contributed by atoms with Gasteiger partial charge in [0.2, 0.25) is 5.91 Å². The average Bonchev–Trinajstić information content (AvgIpc) is 2.75. The Balaban J connectivity index is 1.59. The van der Waals surface area contributed by atoms with E-state index in [1.165, 1.54) is 12.8 Å². The van der Waals surface area contributed by atoms with Crippen LogP contribution >= 0.6 is 0 Å². The van der Waals surface area contributed by atoms with E-state index in [-0.39, 0.29) is 16.7 Å². The predicted octanol–water partition coefficient (Wildman–Crippen LogP) is 5.05. The molecule has 0 spiro atoms. The largest absolute Gasteiger partial charge is 0.369 e. The minimum atomic E-state index is -0.319. The number of hydrogen-bond acceptors (Lipinski definition) is 5. The number of aromatic nitrogens is 2. The Hall–Kier alpha value is -2.21. The second kappa shape index (κ2) is 9.44. The summed E-state index contributed by atoms with van der Waals surface area (Å²) in [6.07, 6.45) is 4.52. The first kappa shape index (κ1) is 24.9. The zero-order valence-corrected chi connectivity index (χ0v) is 22.2. The molecule has 186 valence electrons. The summed E-state index contributed by atoms with van der Waals surface area (Å²) in [5.41, 5.74) is 0.601. The molecule has 3 saturated carbocycles. The average molecular weight is 466 g/mol. The second-order valence-corrected chi connectivity index (χ2v) is 11.8. The molecule has 0 radical (unpaired) electrons. The molecule has 1 heterocycles. The van der Waals surface area contributed by atoms with Crippen LogP contribution in [0.4, 0.5) is 5.82 Å². The smallest absolute Gasteiger partial charge is 0.230 e. The molecule has 3 fully saturated rings. The van der Waals surface area contributed by atoms with Crippen molar-refractivity contribution in [2.75, 3.05) is 39.5 Å². The summed E-state index contributed by atoms with van der Waals surface area (Å²) >= 11 is 0. The summed E-state index contributed by atoms with van der Waals surface area (Å²) < 4.78 is 0. The van der Waals surface area contributed by atoms with Crippen molar-refractivity contribution in [3.63, 3.8) is 0 Å². The molecule has 3 aliphatic rings. The predicted molar refractivity (Wildman–Crippen MR) is 140 cm³/mol. The lowest BCUT2D eigenvalue weighted by Gasteiger charge is -2.63. The molecule has 1 aromatic heterocycles. The van der Waals surface area contributed by atoms with E-state index in [0.29, 0.717) is 24.2 Å². The van der Waals surface area contributed by atoms with E-state index >= 15 is 0 Å². The third-order valence-corrected chi connectivity index (χ3v) is 8.65. The molecule has 1 amide bonds. The van der Waals surface area contributed by atoms with Crippen molar-refractivity contribution in [1.29, 1.82) is 0 Å². The van der Waals surface area contributed by atoms with Crippen molar-refractivity contribution in [1.82, 2.24) is 19.8 Å². The third kappa shape index (κ3) is 4.30. The maximum atomic E-state index is 14.2. The molecule has 5 rings (SSSR count). The molecule has 2 aromatic rings. The van der Waals surface area contributed by atoms with E-state index < -0.39 is 0 Å². The molecule has 6 nitrogen and oxygen atoms in total. The summed E-state index contributed by atoms with van der Waals surface area (Å²) in [6, 6.07) is 8.12. The Bertz CT molecular complexity index is 1020. The van der Waals surface area contributed by atoms with Crippen molar-refractivity contribution < 1.29 is 4.79 Å². The summed E-state index contributed by atoms with van der Waals surface area (Å²) in [5.74, 6) is 3.37. The molecule has 2 bridgehead atoms. The Kier molecular flexibility index (Phi) is 6.92. The van der Waals surface area contributed by atoms with Gasteiger partial charge in [0.15, 0.2) is 5.82 Å². The van der Waals surface area contributed by atoms with Gasteiger partial charge in [-0.2, -0.15) is 0 Å². The highest BCUT2D eigenvalue weighted by Gasteiger charge is 2.64. The van der Waals surface area contributed by atoms with Crippen LogP contribution in [0.3, 0.4) is 0 Å². The Morgan fingerprint density at radius 1 is 1.09 bits per heavy atom. The van der Waals surface area contributed by atoms with E-state index in [1.54, 1.807) is 0 Å². The molecule has 3 aliphatic carbocycles. The van der Waals surface area contributed by atoms with Crippen LogP contribution in [0.25, 0.3) is 10.9 Å². The number of rotatable bonds is 8. The molecule has 6 heteroatoms. The number of fused-ring (bicyclic) bond motifs is 4. The van der Waals surface area contributed by atoms with Gasteiger partial charge in [-0.3, -0.25) is 4.79 Å². The summed E-state index contributed by atoms with van der Waals surface area (Å²) in [7, 11) is 6.12. The van der Waals surface area contributed by atoms with Crippen LogP contribution in [0.2, 0.25) is 0 Å². The topological polar surface area (TPSA) is 61.4 Å². The molecule has 0 saturated heterocycles. The van der Waals surface area contributed by atoms with Gasteiger partial charge >= 0.3 is 0 Å². The van der Waals surface area contributed by atoms with E-state index in [1.807, 2.05) is 30.1 Å². The Morgan fingerprint density at radius 3 is 2.41 bits per heavy atom. The van der Waals surface area contributed by atoms with Crippen LogP contribution in [0, 0.1) is 28.6 Å². The number of anilines is 1. The number of carbonyl (C=O) groups is 1. The molecule has 1 N–H and O–H groups in total. The SMILES string of the molecule is C[C@@H]1CC2C[C@H](C)C1(C(=O)N(C)Cc1nc(NCCCN(C)C)c3ccccc3n1)C(C)(C)C2. The number of para-hydroxylation sites is 1. The first-order chi connectivity index (χ1) is 16.1. The number of carbonyl (C=O) groups excluding carboxylic acids is 1. The maximum absolute atomic E-state index is 14.2. The summed E-state index contributed by atoms with van der Waals surface area (Å²) in [6.45, 7) is 11.5. The zero-order chi connectivity index (χ0) is 24.7. The molecular weight excluding hydrogens is 422 g/mol. The highest BCUT2D eigenvalue weighted by molar-refractivity contribution is 5.89. The molecule has 2 unspecified atom stereocenters. The fourth-order valence-electron chi connectivity index (χ4n) is 7.59. The lowest BCUT2D eigenvalue weighted by Crippen LogP contribution is -2.64. The summed E-state index contributed by atoms with van der Waals surface area (Å²) in [5, 5.41) is 4.55. The number of benzene rings is 1. The van der Waals surface area contributed by atoms with E-state index in [4.69, 9.17) is 9.97 Å². The molecule has 34 heavy (non-hydrogen) atoms. The standard InChI is InChI=1S/C28H43N5O/c1-19-15-21-16-20(2)28(19,27(3,4)17-21)26(34)33(7)18-24-30-23-12-9-8-11-22(23)25(31-24)29-13-10-14-32(5)6/h8-9,11-12,19-21H,10,13-18H2,1-7H3,(H,29,30,31)/t19-,20+,21?,28?. The Morgan fingerprint density at radius 2 is 1.76 bits per heavy atom. The highest BCUT2D eigenvalue weighted by atomic mass is 16.2. The number of amides is 1. The number of nitrogens with zero attached hydrogens (tertiary/aromatic N) is 4. The maximum Gasteiger partial charge on any atom is 0.230 e. The molecule has 0 aliphatic heterocycles. The minimum Gasteiger partial charge on any atom is -0.369 e. The quantitative estimate of drug-likeness (QED) is 0.553. The van der Waals surface area contributed by atoms with Gasteiger partial charge in [-0.05, 0) is 81.6 Å². The lowest BCUT2D eigenvalue weighted by molar-refractivity contribution is -0.188. The van der Waals surface area contributed by atoms with Crippen molar-refractivity contribution in [2.24, 2.45) is 28.6 Å². The molecular formula is C28H43N5O.